The molecule has 3 aromatic carbocycles. The zero-order chi connectivity index (χ0) is 23.7. The zero-order valence-electron chi connectivity index (χ0n) is 17.5. The number of nitrogens with one attached hydrogen (secondary N) is 1. The maximum absolute atomic E-state index is 13.7. The molecule has 0 spiro atoms. The summed E-state index contributed by atoms with van der Waals surface area (Å²) in [5.41, 5.74) is 0.205. The Morgan fingerprint density at radius 1 is 0.788 bits per heavy atom. The minimum absolute atomic E-state index is 0.0493. The van der Waals surface area contributed by atoms with Gasteiger partial charge in [-0.3, -0.25) is 9.59 Å². The van der Waals surface area contributed by atoms with Crippen LogP contribution in [-0.2, 0) is 9.59 Å². The molecular formula is C24H17F3N2O4. The number of carbonyl (C=O) groups is 2. The van der Waals surface area contributed by atoms with Gasteiger partial charge in [-0.05, 0) is 42.0 Å². The third kappa shape index (κ3) is 4.00. The van der Waals surface area contributed by atoms with Crippen LogP contribution in [0.5, 0.6) is 11.5 Å². The average molecular weight is 454 g/mol. The van der Waals surface area contributed by atoms with Gasteiger partial charge in [0.25, 0.3) is 11.8 Å². The Kier molecular flexibility index (Phi) is 5.78. The Labute approximate surface area is 186 Å². The number of nitrogens with zero attached hydrogens (tertiary/aromatic N) is 1. The summed E-state index contributed by atoms with van der Waals surface area (Å²) in [6.45, 7) is 0. The van der Waals surface area contributed by atoms with Crippen molar-refractivity contribution in [3.05, 3.63) is 89.4 Å². The molecule has 6 nitrogen and oxygen atoms in total. The number of halogens is 3. The van der Waals surface area contributed by atoms with Crippen molar-refractivity contribution in [1.29, 1.82) is 0 Å². The van der Waals surface area contributed by atoms with E-state index in [0.29, 0.717) is 5.75 Å². The smallest absolute Gasteiger partial charge is 0.282 e. The maximum Gasteiger partial charge on any atom is 0.282 e. The fourth-order valence-corrected chi connectivity index (χ4v) is 3.44. The molecule has 0 aromatic heterocycles. The first-order chi connectivity index (χ1) is 15.8. The number of imide groups is 1. The van der Waals surface area contributed by atoms with Gasteiger partial charge in [-0.15, -0.1) is 0 Å². The van der Waals surface area contributed by atoms with Crippen LogP contribution >= 0.6 is 0 Å². The Morgan fingerprint density at radius 2 is 1.52 bits per heavy atom. The van der Waals surface area contributed by atoms with Gasteiger partial charge in [-0.25, -0.2) is 18.1 Å². The maximum atomic E-state index is 13.7. The molecule has 9 heteroatoms. The third-order valence-electron chi connectivity index (χ3n) is 5.03. The number of hydrogen-bond donors (Lipinski definition) is 1. The second-order valence-electron chi connectivity index (χ2n) is 6.99. The van der Waals surface area contributed by atoms with Gasteiger partial charge in [0, 0.05) is 17.8 Å². The first-order valence-corrected chi connectivity index (χ1v) is 9.67. The largest absolute Gasteiger partial charge is 0.497 e. The molecule has 0 radical (unpaired) electrons. The summed E-state index contributed by atoms with van der Waals surface area (Å²) < 4.78 is 51.1. The van der Waals surface area contributed by atoms with Crippen LogP contribution in [0.2, 0.25) is 0 Å². The van der Waals surface area contributed by atoms with Crippen LogP contribution in [0.25, 0.3) is 5.57 Å². The van der Waals surface area contributed by atoms with Gasteiger partial charge < -0.3 is 14.8 Å². The molecule has 0 atom stereocenters. The molecule has 33 heavy (non-hydrogen) atoms. The van der Waals surface area contributed by atoms with Crippen molar-refractivity contribution in [1.82, 2.24) is 0 Å². The lowest BCUT2D eigenvalue weighted by atomic mass is 10.0. The Balaban J connectivity index is 1.84. The SMILES string of the molecule is COc1ccc(N2C(=O)C(Nc3ccc(F)c(F)c3)=C(c3ccc(F)cc3)C2=O)c(OC)c1. The van der Waals surface area contributed by atoms with Crippen molar-refractivity contribution < 1.29 is 32.2 Å². The van der Waals surface area contributed by atoms with Crippen molar-refractivity contribution in [3.63, 3.8) is 0 Å². The van der Waals surface area contributed by atoms with Gasteiger partial charge in [-0.2, -0.15) is 0 Å². The molecule has 0 bridgehead atoms. The molecule has 168 valence electrons. The summed E-state index contributed by atoms with van der Waals surface area (Å²) in [7, 11) is 2.83. The minimum atomic E-state index is -1.13. The number of benzene rings is 3. The number of hydrogen-bond acceptors (Lipinski definition) is 5. The Bertz CT molecular complexity index is 1290. The predicted molar refractivity (Wildman–Crippen MR) is 115 cm³/mol. The van der Waals surface area contributed by atoms with E-state index < -0.39 is 29.3 Å². The summed E-state index contributed by atoms with van der Waals surface area (Å²) in [6, 6.07) is 12.5. The Morgan fingerprint density at radius 3 is 2.15 bits per heavy atom. The predicted octanol–water partition coefficient (Wildman–Crippen LogP) is 4.52. The van der Waals surface area contributed by atoms with Crippen LogP contribution in [0.1, 0.15) is 5.56 Å². The van der Waals surface area contributed by atoms with Crippen molar-refractivity contribution in [2.24, 2.45) is 0 Å². The number of anilines is 2. The number of methoxy groups -OCH3 is 2. The topological polar surface area (TPSA) is 67.9 Å². The van der Waals surface area contributed by atoms with Gasteiger partial charge >= 0.3 is 0 Å². The van der Waals surface area contributed by atoms with Crippen LogP contribution in [0.4, 0.5) is 24.5 Å². The van der Waals surface area contributed by atoms with Crippen LogP contribution in [0.15, 0.2) is 66.4 Å². The van der Waals surface area contributed by atoms with Crippen LogP contribution < -0.4 is 19.7 Å². The number of ether oxygens (including phenoxy) is 2. The second-order valence-corrected chi connectivity index (χ2v) is 6.99. The molecule has 0 fully saturated rings. The van der Waals surface area contributed by atoms with Gasteiger partial charge in [0.1, 0.15) is 23.0 Å². The summed E-state index contributed by atoms with van der Waals surface area (Å²) in [4.78, 5) is 27.7. The molecular weight excluding hydrogens is 437 g/mol. The van der Waals surface area contributed by atoms with Gasteiger partial charge in [0.15, 0.2) is 11.6 Å². The van der Waals surface area contributed by atoms with E-state index in [1.54, 1.807) is 6.07 Å². The lowest BCUT2D eigenvalue weighted by Crippen LogP contribution is -2.32. The third-order valence-corrected chi connectivity index (χ3v) is 5.03. The molecule has 0 saturated heterocycles. The number of amides is 2. The van der Waals surface area contributed by atoms with Crippen LogP contribution in [-0.4, -0.2) is 26.0 Å². The van der Waals surface area contributed by atoms with Gasteiger partial charge in [-0.1, -0.05) is 12.1 Å². The van der Waals surface area contributed by atoms with E-state index in [0.717, 1.165) is 29.2 Å². The van der Waals surface area contributed by atoms with Gasteiger partial charge in [0.05, 0.1) is 25.5 Å². The molecule has 0 saturated carbocycles. The molecule has 1 heterocycles. The van der Waals surface area contributed by atoms with E-state index in [4.69, 9.17) is 9.47 Å². The van der Waals surface area contributed by atoms with E-state index in [1.807, 2.05) is 0 Å². The highest BCUT2D eigenvalue weighted by atomic mass is 19.2. The summed E-state index contributed by atoms with van der Waals surface area (Å²) in [5.74, 6) is -3.54. The molecule has 0 aliphatic carbocycles. The molecule has 2 amide bonds. The van der Waals surface area contributed by atoms with Crippen LogP contribution in [0, 0.1) is 17.5 Å². The first kappa shape index (κ1) is 21.9. The second kappa shape index (κ2) is 8.70. The van der Waals surface area contributed by atoms with Gasteiger partial charge in [0.2, 0.25) is 0 Å². The molecule has 4 rings (SSSR count). The zero-order valence-corrected chi connectivity index (χ0v) is 17.5. The molecule has 3 aromatic rings. The Hall–Kier alpha value is -4.27. The van der Waals surface area contributed by atoms with E-state index in [9.17, 15) is 22.8 Å². The van der Waals surface area contributed by atoms with Crippen molar-refractivity contribution >= 4 is 28.8 Å². The summed E-state index contributed by atoms with van der Waals surface area (Å²) in [6.07, 6.45) is 0. The highest BCUT2D eigenvalue weighted by Gasteiger charge is 2.41. The van der Waals surface area contributed by atoms with E-state index >= 15 is 0 Å². The first-order valence-electron chi connectivity index (χ1n) is 9.67. The monoisotopic (exact) mass is 454 g/mol. The number of rotatable bonds is 6. The average Bonchev–Trinajstić information content (AvgIpc) is 3.05. The summed E-state index contributed by atoms with van der Waals surface area (Å²) >= 11 is 0. The molecule has 1 N–H and O–H groups in total. The fraction of sp³-hybridized carbons (Fsp3) is 0.0833. The fourth-order valence-electron chi connectivity index (χ4n) is 3.44. The molecule has 1 aliphatic rings. The van der Waals surface area contributed by atoms with Crippen LogP contribution in [0.3, 0.4) is 0 Å². The van der Waals surface area contributed by atoms with E-state index in [2.05, 4.69) is 5.32 Å². The van der Waals surface area contributed by atoms with Crippen molar-refractivity contribution in [3.8, 4) is 11.5 Å². The molecule has 1 aliphatic heterocycles. The quantitative estimate of drug-likeness (QED) is 0.555. The number of carbonyl (C=O) groups excluding carboxylic acids is 2. The highest BCUT2D eigenvalue weighted by molar-refractivity contribution is 6.46. The molecule has 0 unspecified atom stereocenters. The standard InChI is InChI=1S/C24H17F3N2O4/c1-32-16-8-10-19(20(12-16)33-2)29-23(30)21(13-3-5-14(25)6-4-13)22(24(29)31)28-15-7-9-17(26)18(27)11-15/h3-12,28H,1-2H3. The lowest BCUT2D eigenvalue weighted by Gasteiger charge is -2.19. The lowest BCUT2D eigenvalue weighted by molar-refractivity contribution is -0.120. The normalized spacial score (nSPS) is 13.5. The highest BCUT2D eigenvalue weighted by Crippen LogP contribution is 2.39. The van der Waals surface area contributed by atoms with E-state index in [1.165, 1.54) is 44.6 Å². The van der Waals surface area contributed by atoms with E-state index in [-0.39, 0.29) is 34.0 Å². The van der Waals surface area contributed by atoms with Crippen molar-refractivity contribution in [2.45, 2.75) is 0 Å². The minimum Gasteiger partial charge on any atom is -0.497 e. The van der Waals surface area contributed by atoms with Crippen molar-refractivity contribution in [2.75, 3.05) is 24.4 Å². The summed E-state index contributed by atoms with van der Waals surface area (Å²) in [5, 5.41) is 2.71.